The molecule has 2 aromatic rings. The molecule has 0 radical (unpaired) electrons. The lowest BCUT2D eigenvalue weighted by Crippen LogP contribution is -2.22. The maximum absolute atomic E-state index is 5.67. The van der Waals surface area contributed by atoms with Crippen molar-refractivity contribution in [3.8, 4) is 0 Å². The van der Waals surface area contributed by atoms with Crippen molar-refractivity contribution >= 4 is 21.6 Å². The smallest absolute Gasteiger partial charge is 0.0440 e. The van der Waals surface area contributed by atoms with Gasteiger partial charge in [0.2, 0.25) is 0 Å². The van der Waals surface area contributed by atoms with Gasteiger partial charge in [-0.05, 0) is 43.2 Å². The van der Waals surface area contributed by atoms with Gasteiger partial charge in [-0.2, -0.15) is 0 Å². The monoisotopic (exact) mass is 332 g/mol. The first kappa shape index (κ1) is 15.1. The number of hydrogen-bond donors (Lipinski definition) is 1. The summed E-state index contributed by atoms with van der Waals surface area (Å²) in [5.41, 5.74) is 10.7. The van der Waals surface area contributed by atoms with E-state index in [4.69, 9.17) is 5.73 Å². The highest BCUT2D eigenvalue weighted by molar-refractivity contribution is 9.10. The largest absolute Gasteiger partial charge is 0.367 e. The predicted octanol–water partition coefficient (Wildman–Crippen LogP) is 4.24. The molecule has 2 nitrogen and oxygen atoms in total. The Hall–Kier alpha value is -1.32. The molecule has 0 aliphatic heterocycles. The van der Waals surface area contributed by atoms with Crippen LogP contribution in [-0.4, -0.2) is 6.54 Å². The third-order valence-corrected chi connectivity index (χ3v) is 4.23. The van der Waals surface area contributed by atoms with Crippen LogP contribution >= 0.6 is 15.9 Å². The number of nitrogens with zero attached hydrogens (tertiary/aromatic N) is 1. The number of halogens is 1. The molecule has 0 aliphatic rings. The van der Waals surface area contributed by atoms with Crippen LogP contribution in [-0.2, 0) is 13.1 Å². The average Bonchev–Trinajstić information content (AvgIpc) is 2.47. The molecule has 2 aromatic carbocycles. The molecule has 106 valence electrons. The van der Waals surface area contributed by atoms with Crippen molar-refractivity contribution in [3.05, 3.63) is 63.6 Å². The average molecular weight is 333 g/mol. The Bertz CT molecular complexity index is 564. The molecule has 0 fully saturated rings. The molecule has 0 spiro atoms. The van der Waals surface area contributed by atoms with Crippen molar-refractivity contribution in [2.24, 2.45) is 5.73 Å². The Balaban J connectivity index is 2.20. The van der Waals surface area contributed by atoms with Gasteiger partial charge < -0.3 is 10.6 Å². The molecule has 3 heteroatoms. The van der Waals surface area contributed by atoms with Crippen LogP contribution in [0.1, 0.15) is 23.6 Å². The molecule has 0 amide bonds. The van der Waals surface area contributed by atoms with Crippen molar-refractivity contribution in [1.82, 2.24) is 0 Å². The van der Waals surface area contributed by atoms with Gasteiger partial charge in [-0.1, -0.05) is 45.8 Å². The summed E-state index contributed by atoms with van der Waals surface area (Å²) in [4.78, 5) is 2.36. The molecule has 0 atom stereocenters. The Morgan fingerprint density at radius 1 is 1.10 bits per heavy atom. The topological polar surface area (TPSA) is 29.3 Å². The molecule has 2 rings (SSSR count). The standard InChI is InChI=1S/C17H21BrN2/c1-3-20(16-8-4-13(2)5-9-16)12-15-7-6-14(11-19)10-17(15)18/h4-10H,3,11-12,19H2,1-2H3. The van der Waals surface area contributed by atoms with Gasteiger partial charge in [0.15, 0.2) is 0 Å². The lowest BCUT2D eigenvalue weighted by atomic mass is 10.1. The maximum Gasteiger partial charge on any atom is 0.0440 e. The van der Waals surface area contributed by atoms with Gasteiger partial charge in [0.1, 0.15) is 0 Å². The highest BCUT2D eigenvalue weighted by Crippen LogP contribution is 2.23. The van der Waals surface area contributed by atoms with Crippen LogP contribution in [0.5, 0.6) is 0 Å². The van der Waals surface area contributed by atoms with E-state index in [0.717, 1.165) is 23.1 Å². The van der Waals surface area contributed by atoms with Crippen molar-refractivity contribution in [2.45, 2.75) is 26.9 Å². The van der Waals surface area contributed by atoms with Gasteiger partial charge >= 0.3 is 0 Å². The molecule has 0 aliphatic carbocycles. The zero-order valence-electron chi connectivity index (χ0n) is 12.1. The van der Waals surface area contributed by atoms with Gasteiger partial charge in [-0.15, -0.1) is 0 Å². The van der Waals surface area contributed by atoms with E-state index >= 15 is 0 Å². The highest BCUT2D eigenvalue weighted by atomic mass is 79.9. The first-order valence-electron chi connectivity index (χ1n) is 6.93. The molecule has 0 saturated carbocycles. The highest BCUT2D eigenvalue weighted by Gasteiger charge is 2.08. The molecule has 0 aromatic heterocycles. The van der Waals surface area contributed by atoms with E-state index in [-0.39, 0.29) is 0 Å². The number of anilines is 1. The first-order valence-corrected chi connectivity index (χ1v) is 7.72. The van der Waals surface area contributed by atoms with E-state index in [1.807, 2.05) is 0 Å². The lowest BCUT2D eigenvalue weighted by Gasteiger charge is -2.24. The third kappa shape index (κ3) is 3.62. The normalized spacial score (nSPS) is 10.6. The van der Waals surface area contributed by atoms with E-state index in [1.165, 1.54) is 16.8 Å². The van der Waals surface area contributed by atoms with E-state index in [2.05, 4.69) is 77.1 Å². The molecule has 0 saturated heterocycles. The molecule has 20 heavy (non-hydrogen) atoms. The summed E-state index contributed by atoms with van der Waals surface area (Å²) >= 11 is 3.65. The van der Waals surface area contributed by atoms with Gasteiger partial charge in [0.05, 0.1) is 0 Å². The number of benzene rings is 2. The minimum absolute atomic E-state index is 0.578. The summed E-state index contributed by atoms with van der Waals surface area (Å²) in [6.45, 7) is 6.75. The van der Waals surface area contributed by atoms with Gasteiger partial charge in [-0.25, -0.2) is 0 Å². The van der Waals surface area contributed by atoms with Crippen LogP contribution in [0, 0.1) is 6.92 Å². The molecule has 0 bridgehead atoms. The van der Waals surface area contributed by atoms with Crippen LogP contribution in [0.2, 0.25) is 0 Å². The fourth-order valence-corrected chi connectivity index (χ4v) is 2.74. The van der Waals surface area contributed by atoms with Crippen molar-refractivity contribution < 1.29 is 0 Å². The van der Waals surface area contributed by atoms with Gasteiger partial charge in [0, 0.05) is 29.8 Å². The summed E-state index contributed by atoms with van der Waals surface area (Å²) in [6, 6.07) is 15.0. The quantitative estimate of drug-likeness (QED) is 0.887. The van der Waals surface area contributed by atoms with E-state index in [0.29, 0.717) is 6.54 Å². The Kier molecular flexibility index (Phi) is 5.21. The van der Waals surface area contributed by atoms with E-state index in [1.54, 1.807) is 0 Å². The number of aryl methyl sites for hydroxylation is 1. The van der Waals surface area contributed by atoms with Gasteiger partial charge in [0.25, 0.3) is 0 Å². The number of hydrogen-bond acceptors (Lipinski definition) is 2. The summed E-state index contributed by atoms with van der Waals surface area (Å²) in [6.07, 6.45) is 0. The molecule has 0 heterocycles. The second-order valence-electron chi connectivity index (χ2n) is 4.98. The number of nitrogens with two attached hydrogens (primary N) is 1. The van der Waals surface area contributed by atoms with Crippen LogP contribution < -0.4 is 10.6 Å². The summed E-state index contributed by atoms with van der Waals surface area (Å²) < 4.78 is 1.13. The van der Waals surface area contributed by atoms with E-state index in [9.17, 15) is 0 Å². The van der Waals surface area contributed by atoms with Crippen LogP contribution in [0.3, 0.4) is 0 Å². The SMILES string of the molecule is CCN(Cc1ccc(CN)cc1Br)c1ccc(C)cc1. The van der Waals surface area contributed by atoms with Crippen molar-refractivity contribution in [3.63, 3.8) is 0 Å². The molecular weight excluding hydrogens is 312 g/mol. The van der Waals surface area contributed by atoms with E-state index < -0.39 is 0 Å². The van der Waals surface area contributed by atoms with Crippen LogP contribution in [0.15, 0.2) is 46.9 Å². The fourth-order valence-electron chi connectivity index (χ4n) is 2.19. The summed E-state index contributed by atoms with van der Waals surface area (Å²) in [5, 5.41) is 0. The predicted molar refractivity (Wildman–Crippen MR) is 89.9 cm³/mol. The molecule has 2 N–H and O–H groups in total. The Morgan fingerprint density at radius 2 is 1.80 bits per heavy atom. The third-order valence-electron chi connectivity index (χ3n) is 3.50. The minimum atomic E-state index is 0.578. The van der Waals surface area contributed by atoms with Crippen molar-refractivity contribution in [1.29, 1.82) is 0 Å². The maximum atomic E-state index is 5.67. The zero-order valence-corrected chi connectivity index (χ0v) is 13.7. The Labute approximate surface area is 129 Å². The minimum Gasteiger partial charge on any atom is -0.367 e. The van der Waals surface area contributed by atoms with Crippen LogP contribution in [0.25, 0.3) is 0 Å². The molecular formula is C17H21BrN2. The second-order valence-corrected chi connectivity index (χ2v) is 5.83. The Morgan fingerprint density at radius 3 is 2.35 bits per heavy atom. The lowest BCUT2D eigenvalue weighted by molar-refractivity contribution is 0.828. The van der Waals surface area contributed by atoms with Crippen molar-refractivity contribution in [2.75, 3.05) is 11.4 Å². The number of rotatable bonds is 5. The summed E-state index contributed by atoms with van der Waals surface area (Å²) in [7, 11) is 0. The second kappa shape index (κ2) is 6.91. The fraction of sp³-hybridized carbons (Fsp3) is 0.294. The zero-order chi connectivity index (χ0) is 14.5. The van der Waals surface area contributed by atoms with Crippen LogP contribution in [0.4, 0.5) is 5.69 Å². The molecule has 0 unspecified atom stereocenters. The summed E-state index contributed by atoms with van der Waals surface area (Å²) in [5.74, 6) is 0. The van der Waals surface area contributed by atoms with Gasteiger partial charge in [-0.3, -0.25) is 0 Å². The first-order chi connectivity index (χ1) is 9.63.